The van der Waals surface area contributed by atoms with Crippen molar-refractivity contribution in [1.82, 2.24) is 0 Å². The molecule has 0 saturated heterocycles. The van der Waals surface area contributed by atoms with E-state index in [9.17, 15) is 14.9 Å². The Bertz CT molecular complexity index is 1140. The Morgan fingerprint density at radius 1 is 1.09 bits per heavy atom. The minimum Gasteiger partial charge on any atom is -0.497 e. The molecule has 1 N–H and O–H groups in total. The lowest BCUT2D eigenvalue weighted by Gasteiger charge is -2.38. The molecule has 1 aliphatic rings. The van der Waals surface area contributed by atoms with Crippen molar-refractivity contribution < 1.29 is 14.5 Å². The third-order valence-electron chi connectivity index (χ3n) is 5.69. The molecule has 0 spiro atoms. The molecular formula is C25H25N3O4. The van der Waals surface area contributed by atoms with Gasteiger partial charge in [-0.25, -0.2) is 0 Å². The summed E-state index contributed by atoms with van der Waals surface area (Å²) in [7, 11) is 1.46. The van der Waals surface area contributed by atoms with Gasteiger partial charge in [-0.05, 0) is 54.8 Å². The van der Waals surface area contributed by atoms with Gasteiger partial charge in [-0.1, -0.05) is 37.6 Å². The highest BCUT2D eigenvalue weighted by molar-refractivity contribution is 6.12. The number of unbranched alkanes of at least 4 members (excludes halogenated alkanes) is 1. The van der Waals surface area contributed by atoms with E-state index in [-0.39, 0.29) is 11.6 Å². The zero-order valence-electron chi connectivity index (χ0n) is 18.1. The fourth-order valence-electron chi connectivity index (χ4n) is 3.98. The summed E-state index contributed by atoms with van der Waals surface area (Å²) in [6.45, 7) is 2.15. The van der Waals surface area contributed by atoms with E-state index < -0.39 is 11.1 Å². The first-order valence-corrected chi connectivity index (χ1v) is 10.6. The first-order chi connectivity index (χ1) is 15.5. The van der Waals surface area contributed by atoms with Gasteiger partial charge in [0.15, 0.2) is 0 Å². The zero-order valence-corrected chi connectivity index (χ0v) is 18.1. The maximum atomic E-state index is 13.6. The third-order valence-corrected chi connectivity index (χ3v) is 5.69. The molecule has 0 bridgehead atoms. The molecule has 0 radical (unpaired) electrons. The molecule has 1 unspecified atom stereocenters. The number of aryl methyl sites for hydroxylation is 1. The molecule has 0 aromatic heterocycles. The number of ether oxygens (including phenoxy) is 1. The van der Waals surface area contributed by atoms with Crippen molar-refractivity contribution in [3.8, 4) is 5.75 Å². The Morgan fingerprint density at radius 3 is 2.53 bits per heavy atom. The van der Waals surface area contributed by atoms with E-state index in [1.54, 1.807) is 35.2 Å². The van der Waals surface area contributed by atoms with E-state index in [0.717, 1.165) is 19.3 Å². The summed E-state index contributed by atoms with van der Waals surface area (Å²) >= 11 is 0. The van der Waals surface area contributed by atoms with Gasteiger partial charge >= 0.3 is 0 Å². The average Bonchev–Trinajstić information content (AvgIpc) is 2.82. The topological polar surface area (TPSA) is 84.7 Å². The van der Waals surface area contributed by atoms with Gasteiger partial charge in [0, 0.05) is 11.4 Å². The smallest absolute Gasteiger partial charge is 0.280 e. The van der Waals surface area contributed by atoms with Gasteiger partial charge < -0.3 is 10.1 Å². The second kappa shape index (κ2) is 9.09. The number of nitrogens with one attached hydrogen (secondary N) is 1. The molecule has 7 nitrogen and oxygen atoms in total. The van der Waals surface area contributed by atoms with Gasteiger partial charge in [-0.2, -0.15) is 0 Å². The Balaban J connectivity index is 1.82. The summed E-state index contributed by atoms with van der Waals surface area (Å²) in [5, 5.41) is 15.2. The van der Waals surface area contributed by atoms with Gasteiger partial charge in [0.25, 0.3) is 11.6 Å². The van der Waals surface area contributed by atoms with Gasteiger partial charge in [0.2, 0.25) is 0 Å². The number of para-hydroxylation sites is 1. The summed E-state index contributed by atoms with van der Waals surface area (Å²) in [4.78, 5) is 26.6. The van der Waals surface area contributed by atoms with Crippen molar-refractivity contribution in [2.24, 2.45) is 0 Å². The number of hydrogen-bond donors (Lipinski definition) is 1. The molecular weight excluding hydrogens is 406 g/mol. The number of nitro groups is 1. The van der Waals surface area contributed by atoms with E-state index in [4.69, 9.17) is 4.74 Å². The van der Waals surface area contributed by atoms with Crippen LogP contribution >= 0.6 is 0 Å². The summed E-state index contributed by atoms with van der Waals surface area (Å²) < 4.78 is 5.18. The molecule has 0 saturated carbocycles. The lowest BCUT2D eigenvalue weighted by molar-refractivity contribution is -0.385. The van der Waals surface area contributed by atoms with Crippen LogP contribution in [0.3, 0.4) is 0 Å². The van der Waals surface area contributed by atoms with Crippen molar-refractivity contribution in [1.29, 1.82) is 0 Å². The number of anilines is 2. The Labute approximate surface area is 186 Å². The molecule has 3 aromatic rings. The molecule has 1 heterocycles. The summed E-state index contributed by atoms with van der Waals surface area (Å²) in [6.07, 6.45) is 2.43. The highest BCUT2D eigenvalue weighted by atomic mass is 16.6. The van der Waals surface area contributed by atoms with Crippen molar-refractivity contribution in [2.45, 2.75) is 32.4 Å². The van der Waals surface area contributed by atoms with Crippen LogP contribution in [0.2, 0.25) is 0 Å². The number of carbonyl (C=O) groups excluding carboxylic acids is 1. The number of hydrogen-bond acceptors (Lipinski definition) is 5. The lowest BCUT2D eigenvalue weighted by Crippen LogP contribution is -2.43. The quantitative estimate of drug-likeness (QED) is 0.382. The number of nitrogens with zero attached hydrogens (tertiary/aromatic N) is 2. The van der Waals surface area contributed by atoms with Crippen molar-refractivity contribution in [3.63, 3.8) is 0 Å². The number of nitro benzene ring substituents is 1. The van der Waals surface area contributed by atoms with Crippen LogP contribution in [-0.4, -0.2) is 17.9 Å². The van der Waals surface area contributed by atoms with Crippen LogP contribution in [0.1, 0.15) is 47.4 Å². The molecule has 7 heteroatoms. The predicted octanol–water partition coefficient (Wildman–Crippen LogP) is 5.72. The zero-order chi connectivity index (χ0) is 22.7. The van der Waals surface area contributed by atoms with Crippen LogP contribution < -0.4 is 15.0 Å². The Morgan fingerprint density at radius 2 is 1.84 bits per heavy atom. The van der Waals surface area contributed by atoms with Crippen LogP contribution in [0.15, 0.2) is 66.7 Å². The SMILES string of the molecule is CCCCc1ccc(N2C(=O)c3ccccc3NC2c2ccc(OC)cc2[N+](=O)[O-])cc1. The molecule has 0 fully saturated rings. The van der Waals surface area contributed by atoms with E-state index in [1.807, 2.05) is 30.3 Å². The molecule has 32 heavy (non-hydrogen) atoms. The van der Waals surface area contributed by atoms with Crippen LogP contribution in [0.5, 0.6) is 5.75 Å². The Hall–Kier alpha value is -3.87. The van der Waals surface area contributed by atoms with E-state index in [1.165, 1.54) is 18.7 Å². The van der Waals surface area contributed by atoms with Gasteiger partial charge in [0.1, 0.15) is 11.9 Å². The highest BCUT2D eigenvalue weighted by Crippen LogP contribution is 2.40. The van der Waals surface area contributed by atoms with Gasteiger partial charge in [-0.15, -0.1) is 0 Å². The largest absolute Gasteiger partial charge is 0.497 e. The number of methoxy groups -OCH3 is 1. The van der Waals surface area contributed by atoms with Crippen LogP contribution in [0.25, 0.3) is 0 Å². The van der Waals surface area contributed by atoms with Crippen LogP contribution in [0, 0.1) is 10.1 Å². The fourth-order valence-corrected chi connectivity index (χ4v) is 3.98. The predicted molar refractivity (Wildman–Crippen MR) is 124 cm³/mol. The number of carbonyl (C=O) groups is 1. The first-order valence-electron chi connectivity index (χ1n) is 10.6. The van der Waals surface area contributed by atoms with Crippen molar-refractivity contribution in [3.05, 3.63) is 93.5 Å². The van der Waals surface area contributed by atoms with E-state index in [2.05, 4.69) is 12.2 Å². The fraction of sp³-hybridized carbons (Fsp3) is 0.240. The molecule has 1 amide bonds. The molecule has 1 aliphatic heterocycles. The monoisotopic (exact) mass is 431 g/mol. The average molecular weight is 431 g/mol. The van der Waals surface area contributed by atoms with Crippen molar-refractivity contribution >= 4 is 23.0 Å². The minimum absolute atomic E-state index is 0.112. The number of rotatable bonds is 7. The first kappa shape index (κ1) is 21.4. The standard InChI is InChI=1S/C25H25N3O4/c1-3-4-7-17-10-12-18(13-11-17)27-24(26-22-9-6-5-8-20(22)25(27)29)21-15-14-19(32-2)16-23(21)28(30)31/h5-6,8-16,24,26H,3-4,7H2,1-2H3. The van der Waals surface area contributed by atoms with E-state index in [0.29, 0.717) is 28.3 Å². The molecule has 1 atom stereocenters. The molecule has 4 rings (SSSR count). The maximum absolute atomic E-state index is 13.6. The molecule has 0 aliphatic carbocycles. The second-order valence-electron chi connectivity index (χ2n) is 7.72. The minimum atomic E-state index is -0.745. The maximum Gasteiger partial charge on any atom is 0.280 e. The molecule has 3 aromatic carbocycles. The van der Waals surface area contributed by atoms with Crippen LogP contribution in [-0.2, 0) is 6.42 Å². The number of fused-ring (bicyclic) bond motifs is 1. The summed E-state index contributed by atoms with van der Waals surface area (Å²) in [5.41, 5.74) is 3.30. The van der Waals surface area contributed by atoms with E-state index >= 15 is 0 Å². The lowest BCUT2D eigenvalue weighted by atomic mass is 10.0. The normalized spacial score (nSPS) is 15.1. The van der Waals surface area contributed by atoms with Gasteiger partial charge in [0.05, 0.1) is 29.2 Å². The van der Waals surface area contributed by atoms with Crippen LogP contribution in [0.4, 0.5) is 17.1 Å². The summed E-state index contributed by atoms with van der Waals surface area (Å²) in [5.74, 6) is 0.172. The third kappa shape index (κ3) is 4.01. The van der Waals surface area contributed by atoms with Gasteiger partial charge in [-0.3, -0.25) is 19.8 Å². The highest BCUT2D eigenvalue weighted by Gasteiger charge is 2.37. The Kier molecular flexibility index (Phi) is 6.07. The summed E-state index contributed by atoms with van der Waals surface area (Å²) in [6, 6.07) is 19.7. The number of amides is 1. The second-order valence-corrected chi connectivity index (χ2v) is 7.72. The number of benzene rings is 3. The molecule has 164 valence electrons. The van der Waals surface area contributed by atoms with Crippen molar-refractivity contribution in [2.75, 3.05) is 17.3 Å².